The van der Waals surface area contributed by atoms with Crippen molar-refractivity contribution in [1.29, 1.82) is 0 Å². The Kier molecular flexibility index (Phi) is 9.45. The molecule has 0 spiro atoms. The van der Waals surface area contributed by atoms with Gasteiger partial charge >= 0.3 is 5.97 Å². The molecule has 0 N–H and O–H groups in total. The van der Waals surface area contributed by atoms with E-state index in [1.807, 2.05) is 70.7 Å². The number of halogens is 1. The Bertz CT molecular complexity index is 1310. The standard InChI is InChI=1S/C30H29ClN2O3S/c1-3-4-19-35-26(27-14-15-28(31)37-27)22-33-18-17-32(21-25-12-8-9-23(2)20-25)30(33)36-29(34)16-13-24-10-6-5-7-11-24/h5-18,20,26,30H,19,21-22H2,1-2H3/b16-13+. The quantitative estimate of drug-likeness (QED) is 0.167. The lowest BCUT2D eigenvalue weighted by Crippen LogP contribution is -2.43. The Balaban J connectivity index is 1.53. The van der Waals surface area contributed by atoms with Crippen LogP contribution in [-0.2, 0) is 20.8 Å². The van der Waals surface area contributed by atoms with Gasteiger partial charge in [-0.2, -0.15) is 0 Å². The van der Waals surface area contributed by atoms with E-state index in [9.17, 15) is 4.79 Å². The minimum Gasteiger partial charge on any atom is -0.419 e. The van der Waals surface area contributed by atoms with E-state index in [4.69, 9.17) is 21.1 Å². The predicted octanol–water partition coefficient (Wildman–Crippen LogP) is 6.62. The first-order valence-corrected chi connectivity index (χ1v) is 13.2. The molecule has 2 unspecified atom stereocenters. The van der Waals surface area contributed by atoms with E-state index < -0.39 is 12.3 Å². The number of nitrogens with zero attached hydrogens (tertiary/aromatic N) is 2. The van der Waals surface area contributed by atoms with E-state index >= 15 is 0 Å². The molecular weight excluding hydrogens is 504 g/mol. The van der Waals surface area contributed by atoms with Gasteiger partial charge in [0.2, 0.25) is 0 Å². The summed E-state index contributed by atoms with van der Waals surface area (Å²) >= 11 is 7.69. The summed E-state index contributed by atoms with van der Waals surface area (Å²) in [6, 6.07) is 21.8. The summed E-state index contributed by atoms with van der Waals surface area (Å²) in [6.07, 6.45) is 6.18. The van der Waals surface area contributed by atoms with Crippen molar-refractivity contribution in [2.24, 2.45) is 0 Å². The molecule has 0 amide bonds. The number of carbonyl (C=O) groups excluding carboxylic acids is 1. The van der Waals surface area contributed by atoms with E-state index in [-0.39, 0.29) is 6.10 Å². The third-order valence-electron chi connectivity index (χ3n) is 5.72. The first kappa shape index (κ1) is 26.6. The highest BCUT2D eigenvalue weighted by Crippen LogP contribution is 2.32. The van der Waals surface area contributed by atoms with Crippen LogP contribution in [0, 0.1) is 18.8 Å². The molecule has 2 aromatic carbocycles. The lowest BCUT2D eigenvalue weighted by atomic mass is 10.1. The molecule has 4 rings (SSSR count). The van der Waals surface area contributed by atoms with Crippen LogP contribution in [0.5, 0.6) is 0 Å². The van der Waals surface area contributed by atoms with Crippen molar-refractivity contribution in [3.05, 3.63) is 111 Å². The molecular formula is C30H29ClN2O3S. The first-order chi connectivity index (χ1) is 18.0. The van der Waals surface area contributed by atoms with Gasteiger partial charge in [-0.3, -0.25) is 0 Å². The van der Waals surface area contributed by atoms with Crippen molar-refractivity contribution in [2.45, 2.75) is 32.8 Å². The molecule has 0 saturated carbocycles. The molecule has 2 atom stereocenters. The van der Waals surface area contributed by atoms with Crippen molar-refractivity contribution in [2.75, 3.05) is 13.2 Å². The fourth-order valence-electron chi connectivity index (χ4n) is 3.95. The van der Waals surface area contributed by atoms with E-state index in [0.717, 1.165) is 16.0 Å². The van der Waals surface area contributed by atoms with Gasteiger partial charge in [0.05, 0.1) is 10.9 Å². The number of thiophene rings is 1. The average molecular weight is 533 g/mol. The molecule has 1 aliphatic heterocycles. The summed E-state index contributed by atoms with van der Waals surface area (Å²) in [5.41, 5.74) is 3.23. The van der Waals surface area contributed by atoms with Gasteiger partial charge in [-0.1, -0.05) is 77.7 Å². The molecule has 1 aromatic heterocycles. The summed E-state index contributed by atoms with van der Waals surface area (Å²) in [6.45, 7) is 5.20. The highest BCUT2D eigenvalue weighted by atomic mass is 35.5. The van der Waals surface area contributed by atoms with Crippen LogP contribution >= 0.6 is 22.9 Å². The summed E-state index contributed by atoms with van der Waals surface area (Å²) in [5, 5.41) is 0. The maximum atomic E-state index is 12.9. The molecule has 0 radical (unpaired) electrons. The van der Waals surface area contributed by atoms with Crippen LogP contribution < -0.4 is 0 Å². The van der Waals surface area contributed by atoms with Gasteiger partial charge in [0, 0.05) is 29.9 Å². The maximum Gasteiger partial charge on any atom is 0.334 e. The highest BCUT2D eigenvalue weighted by Gasteiger charge is 2.32. The van der Waals surface area contributed by atoms with Crippen LogP contribution in [0.3, 0.4) is 0 Å². The van der Waals surface area contributed by atoms with E-state index in [1.165, 1.54) is 23.0 Å². The number of aryl methyl sites for hydroxylation is 1. The molecule has 0 fully saturated rings. The Morgan fingerprint density at radius 1 is 1.11 bits per heavy atom. The lowest BCUT2D eigenvalue weighted by Gasteiger charge is -2.33. The van der Waals surface area contributed by atoms with E-state index in [2.05, 4.69) is 37.0 Å². The van der Waals surface area contributed by atoms with Crippen LogP contribution in [0.4, 0.5) is 0 Å². The smallest absolute Gasteiger partial charge is 0.334 e. The van der Waals surface area contributed by atoms with Crippen LogP contribution in [-0.4, -0.2) is 35.3 Å². The largest absolute Gasteiger partial charge is 0.419 e. The van der Waals surface area contributed by atoms with Gasteiger partial charge in [-0.05, 0) is 43.2 Å². The summed E-state index contributed by atoms with van der Waals surface area (Å²) in [7, 11) is 0. The number of hydrogen-bond donors (Lipinski definition) is 0. The minimum atomic E-state index is -0.632. The zero-order valence-electron chi connectivity index (χ0n) is 20.8. The molecule has 5 nitrogen and oxygen atoms in total. The summed E-state index contributed by atoms with van der Waals surface area (Å²) in [4.78, 5) is 17.9. The fourth-order valence-corrected chi connectivity index (χ4v) is 5.05. The van der Waals surface area contributed by atoms with Gasteiger partial charge in [0.1, 0.15) is 12.7 Å². The first-order valence-electron chi connectivity index (χ1n) is 12.0. The SMILES string of the molecule is CC#CCOC(CN1C=CN(Cc2cccc(C)c2)C1OC(=O)/C=C/c1ccccc1)c1ccc(Cl)s1. The molecule has 0 bridgehead atoms. The monoisotopic (exact) mass is 532 g/mol. The molecule has 7 heteroatoms. The van der Waals surface area contributed by atoms with Crippen LogP contribution in [0.15, 0.2) is 85.2 Å². The summed E-state index contributed by atoms with van der Waals surface area (Å²) < 4.78 is 12.8. The lowest BCUT2D eigenvalue weighted by molar-refractivity contribution is -0.165. The minimum absolute atomic E-state index is 0.289. The Hall–Kier alpha value is -3.50. The van der Waals surface area contributed by atoms with Crippen molar-refractivity contribution in [3.8, 4) is 11.8 Å². The second-order valence-electron chi connectivity index (χ2n) is 8.53. The second-order valence-corrected chi connectivity index (χ2v) is 10.3. The van der Waals surface area contributed by atoms with E-state index in [1.54, 1.807) is 13.0 Å². The third-order valence-corrected chi connectivity index (χ3v) is 7.04. The number of ether oxygens (including phenoxy) is 2. The van der Waals surface area contributed by atoms with Crippen molar-refractivity contribution >= 4 is 35.0 Å². The molecule has 0 saturated heterocycles. The van der Waals surface area contributed by atoms with Crippen LogP contribution in [0.1, 0.15) is 34.6 Å². The molecule has 37 heavy (non-hydrogen) atoms. The van der Waals surface area contributed by atoms with Crippen LogP contribution in [0.25, 0.3) is 6.08 Å². The van der Waals surface area contributed by atoms with Gasteiger partial charge in [-0.25, -0.2) is 4.79 Å². The Morgan fingerprint density at radius 3 is 2.65 bits per heavy atom. The average Bonchev–Trinajstić information content (AvgIpc) is 3.49. The molecule has 0 aliphatic carbocycles. The number of rotatable bonds is 10. The molecule has 1 aliphatic rings. The van der Waals surface area contributed by atoms with Gasteiger partial charge in [-0.15, -0.1) is 17.3 Å². The third kappa shape index (κ3) is 7.74. The Labute approximate surface area is 227 Å². The number of benzene rings is 2. The molecule has 3 aromatic rings. The second kappa shape index (κ2) is 13.2. The number of esters is 1. The molecule has 2 heterocycles. The Morgan fingerprint density at radius 2 is 1.92 bits per heavy atom. The van der Waals surface area contributed by atoms with Gasteiger partial charge in [0.15, 0.2) is 0 Å². The molecule has 190 valence electrons. The summed E-state index contributed by atoms with van der Waals surface area (Å²) in [5.74, 6) is 5.40. The zero-order chi connectivity index (χ0) is 26.0. The van der Waals surface area contributed by atoms with Crippen molar-refractivity contribution < 1.29 is 14.3 Å². The number of carbonyl (C=O) groups is 1. The normalized spacial score (nSPS) is 15.6. The van der Waals surface area contributed by atoms with Crippen LogP contribution in [0.2, 0.25) is 4.34 Å². The van der Waals surface area contributed by atoms with Gasteiger partial charge < -0.3 is 19.3 Å². The highest BCUT2D eigenvalue weighted by molar-refractivity contribution is 7.16. The number of hydrogen-bond acceptors (Lipinski definition) is 6. The predicted molar refractivity (Wildman–Crippen MR) is 149 cm³/mol. The topological polar surface area (TPSA) is 42.0 Å². The van der Waals surface area contributed by atoms with Crippen molar-refractivity contribution in [1.82, 2.24) is 9.80 Å². The zero-order valence-corrected chi connectivity index (χ0v) is 22.4. The van der Waals surface area contributed by atoms with E-state index in [0.29, 0.717) is 24.0 Å². The van der Waals surface area contributed by atoms with Crippen molar-refractivity contribution in [3.63, 3.8) is 0 Å². The fraction of sp³-hybridized carbons (Fsp3) is 0.233. The maximum absolute atomic E-state index is 12.9. The van der Waals surface area contributed by atoms with Gasteiger partial charge in [0.25, 0.3) is 6.35 Å².